The largest absolute Gasteiger partial charge is 0.481 e. The Kier molecular flexibility index (Phi) is 4.96. The molecule has 0 aliphatic carbocycles. The molecule has 104 valence electrons. The van der Waals surface area contributed by atoms with E-state index < -0.39 is 5.97 Å². The van der Waals surface area contributed by atoms with E-state index in [2.05, 4.69) is 0 Å². The van der Waals surface area contributed by atoms with Gasteiger partial charge in [0.25, 0.3) is 0 Å². The number of piperidine rings is 1. The minimum atomic E-state index is -0.748. The van der Waals surface area contributed by atoms with Crippen molar-refractivity contribution in [1.82, 2.24) is 4.90 Å². The molecule has 0 radical (unpaired) electrons. The van der Waals surface area contributed by atoms with Crippen molar-refractivity contribution in [3.05, 3.63) is 22.4 Å². The molecule has 1 atom stereocenters. The molecule has 0 spiro atoms. The third-order valence-corrected chi connectivity index (χ3v) is 4.31. The number of carboxylic acid groups (broad SMARTS) is 1. The number of nitrogens with zero attached hydrogens (tertiary/aromatic N) is 1. The molecule has 1 amide bonds. The van der Waals surface area contributed by atoms with Gasteiger partial charge in [0.2, 0.25) is 5.91 Å². The van der Waals surface area contributed by atoms with Crippen LogP contribution < -0.4 is 0 Å². The van der Waals surface area contributed by atoms with E-state index >= 15 is 0 Å². The Morgan fingerprint density at radius 2 is 2.32 bits per heavy atom. The molecule has 1 aliphatic rings. The number of thiophene rings is 1. The Morgan fingerprint density at radius 1 is 1.47 bits per heavy atom. The molecule has 5 heteroatoms. The van der Waals surface area contributed by atoms with Crippen molar-refractivity contribution in [1.29, 1.82) is 0 Å². The molecular formula is C14H19NO3S. The number of carboxylic acids is 1. The second kappa shape index (κ2) is 6.70. The van der Waals surface area contributed by atoms with Crippen LogP contribution in [-0.4, -0.2) is 35.0 Å². The summed E-state index contributed by atoms with van der Waals surface area (Å²) in [6.45, 7) is 1.53. The van der Waals surface area contributed by atoms with Crippen molar-refractivity contribution in [2.24, 2.45) is 5.92 Å². The van der Waals surface area contributed by atoms with Gasteiger partial charge in [-0.3, -0.25) is 9.59 Å². The van der Waals surface area contributed by atoms with Gasteiger partial charge in [0.05, 0.1) is 6.42 Å². The lowest BCUT2D eigenvalue weighted by molar-refractivity contribution is -0.137. The predicted molar refractivity (Wildman–Crippen MR) is 74.2 cm³/mol. The first-order valence-corrected chi connectivity index (χ1v) is 7.60. The molecule has 2 heterocycles. The van der Waals surface area contributed by atoms with Crippen LogP contribution in [0.3, 0.4) is 0 Å². The molecule has 0 unspecified atom stereocenters. The second-order valence-corrected chi connectivity index (χ2v) is 5.87. The molecule has 0 saturated carbocycles. The summed E-state index contributed by atoms with van der Waals surface area (Å²) in [6.07, 6.45) is 3.37. The van der Waals surface area contributed by atoms with Gasteiger partial charge < -0.3 is 10.0 Å². The molecule has 19 heavy (non-hydrogen) atoms. The summed E-state index contributed by atoms with van der Waals surface area (Å²) < 4.78 is 0. The van der Waals surface area contributed by atoms with Crippen LogP contribution in [0, 0.1) is 5.92 Å². The Labute approximate surface area is 117 Å². The quantitative estimate of drug-likeness (QED) is 0.901. The van der Waals surface area contributed by atoms with Crippen molar-refractivity contribution in [3.63, 3.8) is 0 Å². The number of likely N-dealkylation sites (tertiary alicyclic amines) is 1. The number of carbonyl (C=O) groups is 2. The van der Waals surface area contributed by atoms with Gasteiger partial charge in [-0.1, -0.05) is 0 Å². The van der Waals surface area contributed by atoms with Crippen molar-refractivity contribution in [3.8, 4) is 0 Å². The van der Waals surface area contributed by atoms with Crippen LogP contribution in [0.5, 0.6) is 0 Å². The van der Waals surface area contributed by atoms with Crippen molar-refractivity contribution in [2.45, 2.75) is 32.1 Å². The SMILES string of the molecule is O=C(O)CC[C@H]1CCCN(C(=O)Cc2ccsc2)C1. The van der Waals surface area contributed by atoms with Crippen LogP contribution >= 0.6 is 11.3 Å². The minimum Gasteiger partial charge on any atom is -0.481 e. The van der Waals surface area contributed by atoms with E-state index in [1.807, 2.05) is 21.7 Å². The second-order valence-electron chi connectivity index (χ2n) is 5.09. The lowest BCUT2D eigenvalue weighted by Gasteiger charge is -2.32. The normalized spacial score (nSPS) is 19.4. The highest BCUT2D eigenvalue weighted by molar-refractivity contribution is 7.07. The number of rotatable bonds is 5. The van der Waals surface area contributed by atoms with Gasteiger partial charge >= 0.3 is 5.97 Å². The van der Waals surface area contributed by atoms with E-state index in [0.29, 0.717) is 18.8 Å². The van der Waals surface area contributed by atoms with Crippen molar-refractivity contribution in [2.75, 3.05) is 13.1 Å². The maximum Gasteiger partial charge on any atom is 0.303 e. The van der Waals surface area contributed by atoms with E-state index in [-0.39, 0.29) is 12.3 Å². The average molecular weight is 281 g/mol. The van der Waals surface area contributed by atoms with Gasteiger partial charge in [-0.25, -0.2) is 0 Å². The molecule has 1 saturated heterocycles. The predicted octanol–water partition coefficient (Wildman–Crippen LogP) is 2.39. The maximum absolute atomic E-state index is 12.2. The fourth-order valence-electron chi connectivity index (χ4n) is 2.53. The molecule has 1 aliphatic heterocycles. The summed E-state index contributed by atoms with van der Waals surface area (Å²) in [4.78, 5) is 24.6. The first kappa shape index (κ1) is 14.1. The maximum atomic E-state index is 12.2. The zero-order chi connectivity index (χ0) is 13.7. The lowest BCUT2D eigenvalue weighted by atomic mass is 9.93. The summed E-state index contributed by atoms with van der Waals surface area (Å²) in [7, 11) is 0. The van der Waals surface area contributed by atoms with Crippen LogP contribution in [0.2, 0.25) is 0 Å². The zero-order valence-electron chi connectivity index (χ0n) is 10.9. The summed E-state index contributed by atoms with van der Waals surface area (Å²) in [5.74, 6) is -0.239. The molecule has 1 aromatic heterocycles. The fraction of sp³-hybridized carbons (Fsp3) is 0.571. The summed E-state index contributed by atoms with van der Waals surface area (Å²) in [6, 6.07) is 1.98. The Morgan fingerprint density at radius 3 is 3.00 bits per heavy atom. The van der Waals surface area contributed by atoms with Crippen LogP contribution in [-0.2, 0) is 16.0 Å². The van der Waals surface area contributed by atoms with Gasteiger partial charge in [-0.2, -0.15) is 11.3 Å². The monoisotopic (exact) mass is 281 g/mol. The molecule has 1 N–H and O–H groups in total. The summed E-state index contributed by atoms with van der Waals surface area (Å²) >= 11 is 1.60. The third-order valence-electron chi connectivity index (χ3n) is 3.57. The first-order chi connectivity index (χ1) is 9.15. The van der Waals surface area contributed by atoms with Crippen molar-refractivity contribution < 1.29 is 14.7 Å². The molecule has 0 aromatic carbocycles. The third kappa shape index (κ3) is 4.35. The standard InChI is InChI=1S/C14H19NO3S/c16-13(8-12-5-7-19-10-12)15-6-1-2-11(9-15)3-4-14(17)18/h5,7,10-11H,1-4,6,8-9H2,(H,17,18)/t11-/m1/s1. The van der Waals surface area contributed by atoms with Gasteiger partial charge in [0.15, 0.2) is 0 Å². The minimum absolute atomic E-state index is 0.165. The highest BCUT2D eigenvalue weighted by Gasteiger charge is 2.23. The average Bonchev–Trinajstić information content (AvgIpc) is 2.89. The summed E-state index contributed by atoms with van der Waals surface area (Å²) in [5, 5.41) is 12.7. The van der Waals surface area contributed by atoms with E-state index in [9.17, 15) is 9.59 Å². The topological polar surface area (TPSA) is 57.6 Å². The van der Waals surface area contributed by atoms with E-state index in [4.69, 9.17) is 5.11 Å². The van der Waals surface area contributed by atoms with Crippen LogP contribution in [0.1, 0.15) is 31.2 Å². The van der Waals surface area contributed by atoms with Gasteiger partial charge in [0.1, 0.15) is 0 Å². The molecule has 1 fully saturated rings. The Bertz CT molecular complexity index is 430. The molecule has 4 nitrogen and oxygen atoms in total. The van der Waals surface area contributed by atoms with Gasteiger partial charge in [0, 0.05) is 19.5 Å². The highest BCUT2D eigenvalue weighted by atomic mass is 32.1. The van der Waals surface area contributed by atoms with Crippen LogP contribution in [0.4, 0.5) is 0 Å². The molecule has 1 aromatic rings. The summed E-state index contributed by atoms with van der Waals surface area (Å²) in [5.41, 5.74) is 1.07. The first-order valence-electron chi connectivity index (χ1n) is 6.66. The number of aliphatic carboxylic acids is 1. The number of hydrogen-bond acceptors (Lipinski definition) is 3. The smallest absolute Gasteiger partial charge is 0.303 e. The number of amides is 1. The van der Waals surface area contributed by atoms with Crippen LogP contribution in [0.25, 0.3) is 0 Å². The number of hydrogen-bond donors (Lipinski definition) is 1. The Hall–Kier alpha value is -1.36. The molecule has 2 rings (SSSR count). The fourth-order valence-corrected chi connectivity index (χ4v) is 3.20. The van der Waals surface area contributed by atoms with Crippen LogP contribution in [0.15, 0.2) is 16.8 Å². The van der Waals surface area contributed by atoms with Gasteiger partial charge in [-0.15, -0.1) is 0 Å². The Balaban J connectivity index is 1.82. The van der Waals surface area contributed by atoms with E-state index in [1.165, 1.54) is 0 Å². The van der Waals surface area contributed by atoms with Crippen molar-refractivity contribution >= 4 is 23.2 Å². The highest BCUT2D eigenvalue weighted by Crippen LogP contribution is 2.22. The van der Waals surface area contributed by atoms with E-state index in [1.54, 1.807) is 11.3 Å². The number of carbonyl (C=O) groups excluding carboxylic acids is 1. The lowest BCUT2D eigenvalue weighted by Crippen LogP contribution is -2.40. The zero-order valence-corrected chi connectivity index (χ0v) is 11.7. The molecular weight excluding hydrogens is 262 g/mol. The van der Waals surface area contributed by atoms with Gasteiger partial charge in [-0.05, 0) is 47.6 Å². The molecule has 0 bridgehead atoms. The van der Waals surface area contributed by atoms with E-state index in [0.717, 1.165) is 31.5 Å².